The average molecular weight is 488 g/mol. The maximum atomic E-state index is 13.0. The lowest BCUT2D eigenvalue weighted by molar-refractivity contribution is -0.135. The maximum absolute atomic E-state index is 13.0. The smallest absolute Gasteiger partial charge is 0.225 e. The Morgan fingerprint density at radius 2 is 1.89 bits per heavy atom. The Hall–Kier alpha value is -1.38. The first kappa shape index (κ1) is 21.9. The monoisotopic (exact) mass is 488 g/mol. The second-order valence-electron chi connectivity index (χ2n) is 7.30. The van der Waals surface area contributed by atoms with E-state index < -0.39 is 0 Å². The summed E-state index contributed by atoms with van der Waals surface area (Å²) in [5, 5.41) is 6.66. The molecule has 7 heteroatoms. The molecular weight excluding hydrogens is 458 g/mol. The molecule has 1 amide bonds. The summed E-state index contributed by atoms with van der Waals surface area (Å²) in [6.45, 7) is 2.14. The molecule has 1 aliphatic carbocycles. The maximum Gasteiger partial charge on any atom is 0.225 e. The summed E-state index contributed by atoms with van der Waals surface area (Å²) < 4.78 is 13.0. The van der Waals surface area contributed by atoms with Crippen molar-refractivity contribution < 1.29 is 9.18 Å². The number of hydrogen-bond acceptors (Lipinski definition) is 2. The minimum atomic E-state index is -0.232. The van der Waals surface area contributed by atoms with E-state index in [0.29, 0.717) is 18.4 Å². The van der Waals surface area contributed by atoms with Gasteiger partial charge in [0.1, 0.15) is 5.82 Å². The number of rotatable bonds is 4. The van der Waals surface area contributed by atoms with E-state index in [2.05, 4.69) is 15.6 Å². The molecule has 1 atom stereocenters. The highest BCUT2D eigenvalue weighted by Crippen LogP contribution is 2.26. The Labute approximate surface area is 178 Å². The van der Waals surface area contributed by atoms with Gasteiger partial charge in [0.15, 0.2) is 5.96 Å². The second-order valence-corrected chi connectivity index (χ2v) is 7.30. The molecule has 1 heterocycles. The SMILES string of the molecule is CN=C(NCc1ccc(F)cc1)NC1CCN(C(=O)C2CCCCC2)C1.I. The van der Waals surface area contributed by atoms with E-state index in [1.54, 1.807) is 19.2 Å². The molecule has 2 N–H and O–H groups in total. The van der Waals surface area contributed by atoms with Gasteiger partial charge in [-0.05, 0) is 37.0 Å². The molecule has 1 saturated heterocycles. The van der Waals surface area contributed by atoms with E-state index in [4.69, 9.17) is 0 Å². The number of aliphatic imine (C=N–C) groups is 1. The van der Waals surface area contributed by atoms with E-state index in [1.807, 2.05) is 4.90 Å². The van der Waals surface area contributed by atoms with Gasteiger partial charge in [-0.3, -0.25) is 9.79 Å². The quantitative estimate of drug-likeness (QED) is 0.389. The number of likely N-dealkylation sites (tertiary alicyclic amines) is 1. The highest BCUT2D eigenvalue weighted by molar-refractivity contribution is 14.0. The van der Waals surface area contributed by atoms with E-state index in [1.165, 1.54) is 31.4 Å². The first-order chi connectivity index (χ1) is 12.7. The molecule has 1 aromatic carbocycles. The summed E-state index contributed by atoms with van der Waals surface area (Å²) in [6, 6.07) is 6.66. The van der Waals surface area contributed by atoms with Crippen molar-refractivity contribution in [3.8, 4) is 0 Å². The van der Waals surface area contributed by atoms with Crippen molar-refractivity contribution in [1.29, 1.82) is 0 Å². The minimum Gasteiger partial charge on any atom is -0.352 e. The Morgan fingerprint density at radius 1 is 1.19 bits per heavy atom. The fourth-order valence-electron chi connectivity index (χ4n) is 3.86. The number of nitrogens with zero attached hydrogens (tertiary/aromatic N) is 2. The molecule has 0 spiro atoms. The van der Waals surface area contributed by atoms with Gasteiger partial charge in [-0.15, -0.1) is 24.0 Å². The van der Waals surface area contributed by atoms with Gasteiger partial charge in [0.05, 0.1) is 0 Å². The summed E-state index contributed by atoms with van der Waals surface area (Å²) in [5.41, 5.74) is 0.995. The second kappa shape index (κ2) is 10.8. The van der Waals surface area contributed by atoms with Crippen LogP contribution in [0.2, 0.25) is 0 Å². The first-order valence-electron chi connectivity index (χ1n) is 9.66. The molecule has 0 radical (unpaired) electrons. The van der Waals surface area contributed by atoms with E-state index in [9.17, 15) is 9.18 Å². The Morgan fingerprint density at radius 3 is 2.56 bits per heavy atom. The van der Waals surface area contributed by atoms with Gasteiger partial charge in [-0.25, -0.2) is 4.39 Å². The third-order valence-electron chi connectivity index (χ3n) is 5.39. The Bertz CT molecular complexity index is 631. The molecule has 27 heavy (non-hydrogen) atoms. The van der Waals surface area contributed by atoms with Crippen LogP contribution in [0.15, 0.2) is 29.3 Å². The van der Waals surface area contributed by atoms with Crippen LogP contribution in [0, 0.1) is 11.7 Å². The normalized spacial score (nSPS) is 20.9. The molecular formula is C20H30FIN4O. The van der Waals surface area contributed by atoms with Gasteiger partial charge in [0, 0.05) is 38.6 Å². The zero-order valence-corrected chi connectivity index (χ0v) is 18.2. The molecule has 2 fully saturated rings. The molecule has 5 nitrogen and oxygen atoms in total. The fourth-order valence-corrected chi connectivity index (χ4v) is 3.86. The summed E-state index contributed by atoms with van der Waals surface area (Å²) in [4.78, 5) is 18.9. The molecule has 3 rings (SSSR count). The Kier molecular flexibility index (Phi) is 8.79. The number of hydrogen-bond donors (Lipinski definition) is 2. The van der Waals surface area contributed by atoms with Crippen LogP contribution in [-0.2, 0) is 11.3 Å². The largest absolute Gasteiger partial charge is 0.352 e. The third-order valence-corrected chi connectivity index (χ3v) is 5.39. The highest BCUT2D eigenvalue weighted by Gasteiger charge is 2.31. The molecule has 0 aromatic heterocycles. The van der Waals surface area contributed by atoms with Crippen molar-refractivity contribution in [2.45, 2.75) is 51.1 Å². The van der Waals surface area contributed by atoms with Crippen LogP contribution in [0.4, 0.5) is 4.39 Å². The lowest BCUT2D eigenvalue weighted by Crippen LogP contribution is -2.45. The van der Waals surface area contributed by atoms with E-state index in [-0.39, 0.29) is 41.8 Å². The average Bonchev–Trinajstić information content (AvgIpc) is 3.15. The fraction of sp³-hybridized carbons (Fsp3) is 0.600. The van der Waals surface area contributed by atoms with Gasteiger partial charge in [-0.2, -0.15) is 0 Å². The molecule has 1 aliphatic heterocycles. The highest BCUT2D eigenvalue weighted by atomic mass is 127. The van der Waals surface area contributed by atoms with Gasteiger partial charge in [0.25, 0.3) is 0 Å². The minimum absolute atomic E-state index is 0. The van der Waals surface area contributed by atoms with Crippen molar-refractivity contribution in [3.63, 3.8) is 0 Å². The van der Waals surface area contributed by atoms with Crippen LogP contribution in [0.3, 0.4) is 0 Å². The van der Waals surface area contributed by atoms with Crippen LogP contribution < -0.4 is 10.6 Å². The number of carbonyl (C=O) groups is 1. The van der Waals surface area contributed by atoms with Gasteiger partial charge >= 0.3 is 0 Å². The summed E-state index contributed by atoms with van der Waals surface area (Å²) in [7, 11) is 1.74. The molecule has 1 aromatic rings. The lowest BCUT2D eigenvalue weighted by Gasteiger charge is -2.26. The number of amides is 1. The van der Waals surface area contributed by atoms with E-state index >= 15 is 0 Å². The van der Waals surface area contributed by atoms with Gasteiger partial charge < -0.3 is 15.5 Å². The Balaban J connectivity index is 0.00000261. The summed E-state index contributed by atoms with van der Waals surface area (Å²) >= 11 is 0. The summed E-state index contributed by atoms with van der Waals surface area (Å²) in [6.07, 6.45) is 6.68. The number of benzene rings is 1. The van der Waals surface area contributed by atoms with Crippen molar-refractivity contribution in [3.05, 3.63) is 35.6 Å². The number of guanidine groups is 1. The van der Waals surface area contributed by atoms with Crippen LogP contribution >= 0.6 is 24.0 Å². The molecule has 1 unspecified atom stereocenters. The lowest BCUT2D eigenvalue weighted by atomic mass is 9.88. The first-order valence-corrected chi connectivity index (χ1v) is 9.66. The predicted octanol–water partition coefficient (Wildman–Crippen LogP) is 3.29. The number of halogens is 2. The van der Waals surface area contributed by atoms with Crippen molar-refractivity contribution in [1.82, 2.24) is 15.5 Å². The van der Waals surface area contributed by atoms with Gasteiger partial charge in [0.2, 0.25) is 5.91 Å². The zero-order chi connectivity index (χ0) is 18.4. The van der Waals surface area contributed by atoms with Crippen molar-refractivity contribution in [2.75, 3.05) is 20.1 Å². The zero-order valence-electron chi connectivity index (χ0n) is 15.9. The van der Waals surface area contributed by atoms with Crippen LogP contribution in [0.25, 0.3) is 0 Å². The topological polar surface area (TPSA) is 56.7 Å². The summed E-state index contributed by atoms with van der Waals surface area (Å²) in [5.74, 6) is 1.05. The molecule has 1 saturated carbocycles. The molecule has 0 bridgehead atoms. The van der Waals surface area contributed by atoms with E-state index in [0.717, 1.165) is 37.9 Å². The third kappa shape index (κ3) is 6.33. The number of nitrogens with one attached hydrogen (secondary N) is 2. The van der Waals surface area contributed by atoms with Crippen LogP contribution in [0.1, 0.15) is 44.1 Å². The van der Waals surface area contributed by atoms with Crippen molar-refractivity contribution in [2.24, 2.45) is 10.9 Å². The van der Waals surface area contributed by atoms with Crippen LogP contribution in [-0.4, -0.2) is 42.9 Å². The van der Waals surface area contributed by atoms with Gasteiger partial charge in [-0.1, -0.05) is 31.4 Å². The predicted molar refractivity (Wildman–Crippen MR) is 117 cm³/mol. The standard InChI is InChI=1S/C20H29FN4O.HI/c1-22-20(23-13-15-7-9-17(21)10-8-15)24-18-11-12-25(14-18)19(26)16-5-3-2-4-6-16;/h7-10,16,18H,2-6,11-14H2,1H3,(H2,22,23,24);1H. The molecule has 2 aliphatic rings. The molecule has 150 valence electrons. The van der Waals surface area contributed by atoms with Crippen LogP contribution in [0.5, 0.6) is 0 Å². The van der Waals surface area contributed by atoms with Crippen molar-refractivity contribution >= 4 is 35.8 Å². The number of carbonyl (C=O) groups excluding carboxylic acids is 1.